The number of nitrogens with two attached hydrogens (primary N) is 1. The number of aromatic hydroxyl groups is 1. The number of phenolic OH excluding ortho intramolecular Hbond substituents is 1. The predicted octanol–water partition coefficient (Wildman–Crippen LogP) is -0.0186. The van der Waals surface area contributed by atoms with Gasteiger partial charge in [-0.15, -0.1) is 0 Å². The van der Waals surface area contributed by atoms with Gasteiger partial charge in [0, 0.05) is 0 Å². The fourth-order valence-corrected chi connectivity index (χ4v) is 1.21. The van der Waals surface area contributed by atoms with Crippen molar-refractivity contribution in [2.75, 3.05) is 0 Å². The van der Waals surface area contributed by atoms with Crippen LogP contribution in [0.15, 0.2) is 24.3 Å². The van der Waals surface area contributed by atoms with Crippen molar-refractivity contribution in [3.05, 3.63) is 29.8 Å². The summed E-state index contributed by atoms with van der Waals surface area (Å²) in [7, 11) is 0. The van der Waals surface area contributed by atoms with Crippen LogP contribution < -0.4 is 5.73 Å². The molecule has 17 heavy (non-hydrogen) atoms. The van der Waals surface area contributed by atoms with Crippen molar-refractivity contribution in [2.24, 2.45) is 5.73 Å². The van der Waals surface area contributed by atoms with Crippen molar-refractivity contribution in [1.29, 1.82) is 0 Å². The summed E-state index contributed by atoms with van der Waals surface area (Å²) in [4.78, 5) is 26.3. The molecule has 1 unspecified atom stereocenters. The fourth-order valence-electron chi connectivity index (χ4n) is 0.925. The summed E-state index contributed by atoms with van der Waals surface area (Å²) in [5.74, 6) is -1.59. The topological polar surface area (TPSA) is 130 Å². The van der Waals surface area contributed by atoms with E-state index in [1.54, 1.807) is 0 Å². The van der Waals surface area contributed by atoms with Gasteiger partial charge in [-0.1, -0.05) is 12.1 Å². The summed E-state index contributed by atoms with van der Waals surface area (Å²) in [5.41, 5.74) is 4.42. The molecule has 8 nitrogen and oxygen atoms in total. The number of nitrogens with zero attached hydrogens (tertiary/aromatic N) is 1. The van der Waals surface area contributed by atoms with Crippen LogP contribution in [0.2, 0.25) is 0 Å². The number of benzene rings is 1. The maximum Gasteiger partial charge on any atom is 0.368 e. The van der Waals surface area contributed by atoms with E-state index in [1.165, 1.54) is 24.3 Å². The second-order valence-corrected chi connectivity index (χ2v) is 3.52. The van der Waals surface area contributed by atoms with E-state index in [4.69, 9.17) is 10.3 Å². The Morgan fingerprint density at radius 2 is 1.94 bits per heavy atom. The first-order valence-electron chi connectivity index (χ1n) is 4.14. The normalized spacial score (nSPS) is 11.6. The molecule has 4 N–H and O–H groups in total. The van der Waals surface area contributed by atoms with Gasteiger partial charge in [-0.25, -0.2) is 13.8 Å². The highest BCUT2D eigenvalue weighted by Crippen LogP contribution is 2.17. The highest BCUT2D eigenvalue weighted by molar-refractivity contribution is 7.77. The van der Waals surface area contributed by atoms with Crippen LogP contribution in [0.1, 0.15) is 10.4 Å². The number of phenols is 1. The van der Waals surface area contributed by atoms with E-state index in [0.29, 0.717) is 0 Å². The molecular weight excluding hydrogens is 252 g/mol. The molecule has 1 rings (SSSR count). The van der Waals surface area contributed by atoms with Gasteiger partial charge in [0.1, 0.15) is 11.3 Å². The lowest BCUT2D eigenvalue weighted by Crippen LogP contribution is -2.38. The second kappa shape index (κ2) is 5.27. The number of carbonyl (C=O) groups excluding carboxylic acids is 2. The number of rotatable bonds is 2. The summed E-state index contributed by atoms with van der Waals surface area (Å²) < 4.78 is 19.0. The third-order valence-electron chi connectivity index (χ3n) is 1.61. The average Bonchev–Trinajstić information content (AvgIpc) is 2.25. The van der Waals surface area contributed by atoms with Gasteiger partial charge in [0.15, 0.2) is 0 Å². The number of amides is 2. The molecule has 9 heteroatoms. The van der Waals surface area contributed by atoms with Crippen molar-refractivity contribution in [1.82, 2.24) is 4.47 Å². The molecule has 0 saturated heterocycles. The molecule has 0 aliphatic heterocycles. The standard InChI is InChI=1S/C8H8N2O6S/c9-8(13)10(17(14)15)16-7(12)5-3-1-2-4-6(5)11/h1-4,11H,(H2,9,13)(H,14,15). The van der Waals surface area contributed by atoms with Crippen molar-refractivity contribution in [3.63, 3.8) is 0 Å². The zero-order valence-electron chi connectivity index (χ0n) is 8.27. The van der Waals surface area contributed by atoms with E-state index in [0.717, 1.165) is 0 Å². The summed E-state index contributed by atoms with van der Waals surface area (Å²) in [6, 6.07) is 3.89. The third-order valence-corrected chi connectivity index (χ3v) is 2.15. The smallest absolute Gasteiger partial charge is 0.368 e. The molecule has 0 aliphatic rings. The van der Waals surface area contributed by atoms with E-state index in [1.807, 2.05) is 0 Å². The molecule has 1 aromatic rings. The van der Waals surface area contributed by atoms with E-state index in [2.05, 4.69) is 4.84 Å². The fraction of sp³-hybridized carbons (Fsp3) is 0. The molecule has 2 amide bonds. The van der Waals surface area contributed by atoms with Crippen LogP contribution in [-0.2, 0) is 16.1 Å². The number of hydrogen-bond acceptors (Lipinski definition) is 5. The minimum atomic E-state index is -2.90. The number of para-hydroxylation sites is 1. The molecule has 0 heterocycles. The lowest BCUT2D eigenvalue weighted by molar-refractivity contribution is -0.0192. The van der Waals surface area contributed by atoms with Crippen molar-refractivity contribution < 1.29 is 28.3 Å². The molecule has 1 aromatic carbocycles. The van der Waals surface area contributed by atoms with Gasteiger partial charge in [-0.3, -0.25) is 4.55 Å². The van der Waals surface area contributed by atoms with Gasteiger partial charge in [0.25, 0.3) is 0 Å². The highest BCUT2D eigenvalue weighted by Gasteiger charge is 2.23. The number of hydrogen-bond donors (Lipinski definition) is 3. The maximum atomic E-state index is 11.4. The van der Waals surface area contributed by atoms with E-state index in [9.17, 15) is 18.9 Å². The molecule has 0 aliphatic carbocycles. The van der Waals surface area contributed by atoms with Gasteiger partial charge >= 0.3 is 23.3 Å². The summed E-state index contributed by atoms with van der Waals surface area (Å²) in [6.45, 7) is 0. The summed E-state index contributed by atoms with van der Waals surface area (Å²) in [6.07, 6.45) is 0. The SMILES string of the molecule is NC(=O)N(OC(=O)c1ccccc1O)S(=O)O. The number of primary amides is 1. The zero-order chi connectivity index (χ0) is 13.0. The Bertz CT molecular complexity index is 463. The Hall–Kier alpha value is -2.13. The van der Waals surface area contributed by atoms with Gasteiger partial charge in [0.2, 0.25) is 0 Å². The van der Waals surface area contributed by atoms with Crippen molar-refractivity contribution >= 4 is 23.3 Å². The van der Waals surface area contributed by atoms with Crippen LogP contribution in [0, 0.1) is 0 Å². The molecule has 0 aromatic heterocycles. The Kier molecular flexibility index (Phi) is 4.01. The minimum Gasteiger partial charge on any atom is -0.507 e. The Morgan fingerprint density at radius 1 is 1.35 bits per heavy atom. The highest BCUT2D eigenvalue weighted by atomic mass is 32.2. The first-order chi connectivity index (χ1) is 7.93. The summed E-state index contributed by atoms with van der Waals surface area (Å²) in [5, 5.41) is 9.30. The molecule has 0 bridgehead atoms. The van der Waals surface area contributed by atoms with Crippen LogP contribution in [-0.4, -0.2) is 30.3 Å². The molecule has 0 fully saturated rings. The minimum absolute atomic E-state index is 0.227. The van der Waals surface area contributed by atoms with Crippen LogP contribution in [0.3, 0.4) is 0 Å². The van der Waals surface area contributed by atoms with Crippen LogP contribution in [0.4, 0.5) is 4.79 Å². The first-order valence-corrected chi connectivity index (χ1v) is 5.20. The number of carbonyl (C=O) groups is 2. The molecule has 1 atom stereocenters. The largest absolute Gasteiger partial charge is 0.507 e. The lowest BCUT2D eigenvalue weighted by Gasteiger charge is -2.13. The van der Waals surface area contributed by atoms with Gasteiger partial charge in [-0.2, -0.15) is 0 Å². The molecule has 0 spiro atoms. The predicted molar refractivity (Wildman–Crippen MR) is 55.7 cm³/mol. The molecular formula is C8H8N2O6S. The first kappa shape index (κ1) is 12.9. The van der Waals surface area contributed by atoms with Crippen molar-refractivity contribution in [2.45, 2.75) is 0 Å². The van der Waals surface area contributed by atoms with Gasteiger partial charge in [-0.05, 0) is 16.6 Å². The number of urea groups is 1. The second-order valence-electron chi connectivity index (χ2n) is 2.72. The zero-order valence-corrected chi connectivity index (χ0v) is 9.09. The Morgan fingerprint density at radius 3 is 2.41 bits per heavy atom. The van der Waals surface area contributed by atoms with Crippen LogP contribution in [0.5, 0.6) is 5.75 Å². The lowest BCUT2D eigenvalue weighted by atomic mass is 10.2. The van der Waals surface area contributed by atoms with Crippen molar-refractivity contribution in [3.8, 4) is 5.75 Å². The Balaban J connectivity index is 2.89. The van der Waals surface area contributed by atoms with E-state index in [-0.39, 0.29) is 10.0 Å². The van der Waals surface area contributed by atoms with Gasteiger partial charge in [0.05, 0.1) is 0 Å². The maximum absolute atomic E-state index is 11.4. The Labute approximate surface area is 98.0 Å². The average molecular weight is 260 g/mol. The molecule has 0 radical (unpaired) electrons. The van der Waals surface area contributed by atoms with Gasteiger partial charge < -0.3 is 15.7 Å². The van der Waals surface area contributed by atoms with Crippen LogP contribution >= 0.6 is 0 Å². The number of hydroxylamine groups is 1. The third kappa shape index (κ3) is 3.16. The molecule has 92 valence electrons. The monoisotopic (exact) mass is 260 g/mol. The molecule has 0 saturated carbocycles. The van der Waals surface area contributed by atoms with Crippen LogP contribution in [0.25, 0.3) is 0 Å². The van der Waals surface area contributed by atoms with E-state index >= 15 is 0 Å². The van der Waals surface area contributed by atoms with E-state index < -0.39 is 29.0 Å². The quantitative estimate of drug-likeness (QED) is 0.506. The summed E-state index contributed by atoms with van der Waals surface area (Å²) >= 11 is -2.90.